The highest BCUT2D eigenvalue weighted by atomic mass is 32.2. The maximum atomic E-state index is 12.4. The van der Waals surface area contributed by atoms with Crippen LogP contribution in [0.25, 0.3) is 0 Å². The number of nitrogens with one attached hydrogen (secondary N) is 3. The fraction of sp³-hybridized carbons (Fsp3) is 0.300. The van der Waals surface area contributed by atoms with Crippen LogP contribution in [0.15, 0.2) is 60.7 Å². The maximum Gasteiger partial charge on any atom is 0.226 e. The zero-order chi connectivity index (χ0) is 18.2. The van der Waals surface area contributed by atoms with Crippen LogP contribution in [-0.2, 0) is 22.6 Å². The van der Waals surface area contributed by atoms with E-state index in [1.54, 1.807) is 11.8 Å². The monoisotopic (exact) mass is 369 g/mol. The molecule has 1 aliphatic rings. The first-order valence-corrected chi connectivity index (χ1v) is 9.68. The number of carbonyl (C=O) groups excluding carboxylic acids is 2. The van der Waals surface area contributed by atoms with Crippen molar-refractivity contribution in [3.63, 3.8) is 0 Å². The Hall–Kier alpha value is -2.31. The van der Waals surface area contributed by atoms with E-state index in [-0.39, 0.29) is 18.2 Å². The average Bonchev–Trinajstić information content (AvgIpc) is 3.09. The predicted octanol–water partition coefficient (Wildman–Crippen LogP) is 2.04. The molecule has 0 saturated carbocycles. The minimum atomic E-state index is -0.730. The van der Waals surface area contributed by atoms with Gasteiger partial charge in [0.1, 0.15) is 4.99 Å². The molecule has 2 aromatic rings. The molecule has 1 heterocycles. The Bertz CT molecular complexity index is 731. The molecule has 0 spiro atoms. The van der Waals surface area contributed by atoms with E-state index in [1.807, 2.05) is 60.7 Å². The molecule has 6 heteroatoms. The summed E-state index contributed by atoms with van der Waals surface area (Å²) in [7, 11) is 0. The highest BCUT2D eigenvalue weighted by Gasteiger charge is 2.38. The fourth-order valence-electron chi connectivity index (χ4n) is 2.90. The molecule has 2 amide bonds. The molecule has 136 valence electrons. The molecule has 0 aliphatic carbocycles. The summed E-state index contributed by atoms with van der Waals surface area (Å²) >= 11 is 1.57. The second kappa shape index (κ2) is 8.87. The minimum absolute atomic E-state index is 0.0873. The summed E-state index contributed by atoms with van der Waals surface area (Å²) in [5.74, 6) is 0.683. The van der Waals surface area contributed by atoms with E-state index in [4.69, 9.17) is 0 Å². The lowest BCUT2D eigenvalue weighted by molar-refractivity contribution is -0.124. The van der Waals surface area contributed by atoms with Gasteiger partial charge in [0.2, 0.25) is 11.8 Å². The number of benzene rings is 2. The molecule has 1 fully saturated rings. The van der Waals surface area contributed by atoms with Crippen molar-refractivity contribution < 1.29 is 9.59 Å². The van der Waals surface area contributed by atoms with Crippen molar-refractivity contribution in [1.29, 1.82) is 0 Å². The van der Waals surface area contributed by atoms with Crippen LogP contribution in [0.1, 0.15) is 17.5 Å². The molecule has 0 radical (unpaired) electrons. The third-order valence-electron chi connectivity index (χ3n) is 4.15. The van der Waals surface area contributed by atoms with Crippen LogP contribution >= 0.6 is 11.8 Å². The minimum Gasteiger partial charge on any atom is -0.352 e. The van der Waals surface area contributed by atoms with Crippen LogP contribution in [0, 0.1) is 0 Å². The highest BCUT2D eigenvalue weighted by molar-refractivity contribution is 8.00. The summed E-state index contributed by atoms with van der Waals surface area (Å²) in [5.41, 5.74) is 2.01. The summed E-state index contributed by atoms with van der Waals surface area (Å²) in [6.45, 7) is 1.25. The van der Waals surface area contributed by atoms with Gasteiger partial charge in [-0.3, -0.25) is 14.9 Å². The van der Waals surface area contributed by atoms with Gasteiger partial charge >= 0.3 is 0 Å². The van der Waals surface area contributed by atoms with Crippen LogP contribution in [0.2, 0.25) is 0 Å². The van der Waals surface area contributed by atoms with Gasteiger partial charge < -0.3 is 10.6 Å². The molecule has 3 rings (SSSR count). The normalized spacial score (nSPS) is 19.1. The molecule has 3 N–H and O–H groups in total. The smallest absolute Gasteiger partial charge is 0.226 e. The second-order valence-corrected chi connectivity index (χ2v) is 7.65. The molecule has 2 aromatic carbocycles. The third kappa shape index (κ3) is 5.34. The van der Waals surface area contributed by atoms with E-state index < -0.39 is 4.99 Å². The maximum absolute atomic E-state index is 12.4. The predicted molar refractivity (Wildman–Crippen MR) is 104 cm³/mol. The first kappa shape index (κ1) is 18.5. The number of amides is 2. The molecule has 5 nitrogen and oxygen atoms in total. The number of carbonyl (C=O) groups is 2. The van der Waals surface area contributed by atoms with Crippen LogP contribution in [0.5, 0.6) is 0 Å². The van der Waals surface area contributed by atoms with Crippen molar-refractivity contribution in [2.45, 2.75) is 24.4 Å². The van der Waals surface area contributed by atoms with Crippen molar-refractivity contribution in [3.05, 3.63) is 71.8 Å². The molecular formula is C20H23N3O2S. The Morgan fingerprint density at radius 3 is 2.23 bits per heavy atom. The lowest BCUT2D eigenvalue weighted by atomic mass is 10.1. The largest absolute Gasteiger partial charge is 0.352 e. The molecule has 1 atom stereocenters. The number of hydrogen-bond acceptors (Lipinski definition) is 4. The SMILES string of the molecule is O=C(CC1(NC(=O)Cc2ccccc2)NCCS1)NCc1ccccc1. The quantitative estimate of drug-likeness (QED) is 0.699. The van der Waals surface area contributed by atoms with Gasteiger partial charge in [-0.15, -0.1) is 11.8 Å². The van der Waals surface area contributed by atoms with Gasteiger partial charge in [0.05, 0.1) is 12.8 Å². The number of hydrogen-bond donors (Lipinski definition) is 3. The Kier molecular flexibility index (Phi) is 6.30. The van der Waals surface area contributed by atoms with E-state index >= 15 is 0 Å². The topological polar surface area (TPSA) is 70.2 Å². The van der Waals surface area contributed by atoms with Crippen molar-refractivity contribution in [3.8, 4) is 0 Å². The summed E-state index contributed by atoms with van der Waals surface area (Å²) < 4.78 is 0. The molecule has 0 bridgehead atoms. The van der Waals surface area contributed by atoms with E-state index in [0.29, 0.717) is 13.0 Å². The second-order valence-electron chi connectivity index (χ2n) is 6.25. The van der Waals surface area contributed by atoms with Crippen LogP contribution in [0.4, 0.5) is 0 Å². The first-order valence-electron chi connectivity index (χ1n) is 8.70. The highest BCUT2D eigenvalue weighted by Crippen LogP contribution is 2.28. The standard InChI is InChI=1S/C20H23N3O2S/c24-18(13-16-7-3-1-4-8-16)23-20(22-11-12-26-20)14-19(25)21-15-17-9-5-2-6-10-17/h1-10,22H,11-15H2,(H,21,25)(H,23,24). The summed E-state index contributed by atoms with van der Waals surface area (Å²) in [6.07, 6.45) is 0.501. The van der Waals surface area contributed by atoms with E-state index in [1.165, 1.54) is 0 Å². The van der Waals surface area contributed by atoms with Crippen molar-refractivity contribution in [2.24, 2.45) is 0 Å². The Morgan fingerprint density at radius 1 is 0.962 bits per heavy atom. The average molecular weight is 369 g/mol. The molecule has 0 aromatic heterocycles. The van der Waals surface area contributed by atoms with E-state index in [0.717, 1.165) is 23.4 Å². The fourth-order valence-corrected chi connectivity index (χ4v) is 4.08. The molecule has 26 heavy (non-hydrogen) atoms. The van der Waals surface area contributed by atoms with E-state index in [9.17, 15) is 9.59 Å². The lowest BCUT2D eigenvalue weighted by Crippen LogP contribution is -2.56. The van der Waals surface area contributed by atoms with Crippen LogP contribution < -0.4 is 16.0 Å². The first-order chi connectivity index (χ1) is 12.7. The summed E-state index contributed by atoms with van der Waals surface area (Å²) in [5, 5.41) is 9.24. The zero-order valence-corrected chi connectivity index (χ0v) is 15.4. The van der Waals surface area contributed by atoms with Gasteiger partial charge in [-0.05, 0) is 11.1 Å². The third-order valence-corrected chi connectivity index (χ3v) is 5.44. The van der Waals surface area contributed by atoms with Crippen molar-refractivity contribution in [1.82, 2.24) is 16.0 Å². The van der Waals surface area contributed by atoms with Gasteiger partial charge in [0, 0.05) is 18.8 Å². The number of rotatable bonds is 7. The molecule has 1 saturated heterocycles. The Balaban J connectivity index is 1.55. The van der Waals surface area contributed by atoms with Crippen molar-refractivity contribution >= 4 is 23.6 Å². The van der Waals surface area contributed by atoms with Crippen molar-refractivity contribution in [2.75, 3.05) is 12.3 Å². The van der Waals surface area contributed by atoms with E-state index in [2.05, 4.69) is 16.0 Å². The Labute approximate surface area is 157 Å². The molecule has 1 unspecified atom stereocenters. The lowest BCUT2D eigenvalue weighted by Gasteiger charge is -2.29. The molecule has 1 aliphatic heterocycles. The van der Waals surface area contributed by atoms with Gasteiger partial charge in [-0.25, -0.2) is 0 Å². The van der Waals surface area contributed by atoms with Crippen LogP contribution in [0.3, 0.4) is 0 Å². The summed E-state index contributed by atoms with van der Waals surface area (Å²) in [6, 6.07) is 19.4. The van der Waals surface area contributed by atoms with Gasteiger partial charge in [0.15, 0.2) is 0 Å². The van der Waals surface area contributed by atoms with Gasteiger partial charge in [0.25, 0.3) is 0 Å². The molecular weight excluding hydrogens is 346 g/mol. The van der Waals surface area contributed by atoms with Crippen LogP contribution in [-0.4, -0.2) is 29.1 Å². The van der Waals surface area contributed by atoms with Gasteiger partial charge in [-0.1, -0.05) is 60.7 Å². The Morgan fingerprint density at radius 2 is 1.62 bits per heavy atom. The number of thioether (sulfide) groups is 1. The zero-order valence-electron chi connectivity index (χ0n) is 14.5. The van der Waals surface area contributed by atoms with Gasteiger partial charge in [-0.2, -0.15) is 0 Å². The summed E-state index contributed by atoms with van der Waals surface area (Å²) in [4.78, 5) is 24.1.